The summed E-state index contributed by atoms with van der Waals surface area (Å²) in [7, 11) is 0. The van der Waals surface area contributed by atoms with Crippen molar-refractivity contribution in [2.24, 2.45) is 0 Å². The number of nitrogens with zero attached hydrogens (tertiary/aromatic N) is 3. The summed E-state index contributed by atoms with van der Waals surface area (Å²) in [4.78, 5) is 19.3. The molecule has 0 bridgehead atoms. The SMILES string of the molecule is N#Cc1cnc(CNC(=O)OCc2ccccc2)nc1. The molecule has 0 fully saturated rings. The standard InChI is InChI=1S/C14H12N4O2/c15-6-12-7-16-13(17-8-12)9-18-14(19)20-10-11-4-2-1-3-5-11/h1-5,7-8H,9-10H2,(H,18,19). The average molecular weight is 268 g/mol. The molecule has 0 radical (unpaired) electrons. The lowest BCUT2D eigenvalue weighted by Crippen LogP contribution is -2.24. The van der Waals surface area contributed by atoms with E-state index in [-0.39, 0.29) is 13.2 Å². The van der Waals surface area contributed by atoms with Crippen molar-refractivity contribution in [3.05, 3.63) is 59.7 Å². The molecule has 0 atom stereocenters. The van der Waals surface area contributed by atoms with E-state index in [9.17, 15) is 4.79 Å². The fourth-order valence-electron chi connectivity index (χ4n) is 1.43. The number of amides is 1. The van der Waals surface area contributed by atoms with Crippen LogP contribution in [0, 0.1) is 11.3 Å². The van der Waals surface area contributed by atoms with E-state index in [1.165, 1.54) is 12.4 Å². The highest BCUT2D eigenvalue weighted by Gasteiger charge is 2.04. The Hall–Kier alpha value is -2.94. The van der Waals surface area contributed by atoms with Crippen LogP contribution in [0.3, 0.4) is 0 Å². The molecule has 0 saturated carbocycles. The third kappa shape index (κ3) is 4.07. The largest absolute Gasteiger partial charge is 0.445 e. The van der Waals surface area contributed by atoms with Crippen molar-refractivity contribution in [3.63, 3.8) is 0 Å². The Morgan fingerprint density at radius 2 is 1.95 bits per heavy atom. The van der Waals surface area contributed by atoms with Crippen LogP contribution < -0.4 is 5.32 Å². The Morgan fingerprint density at radius 1 is 1.25 bits per heavy atom. The molecule has 0 saturated heterocycles. The van der Waals surface area contributed by atoms with Gasteiger partial charge in [0.15, 0.2) is 0 Å². The maximum Gasteiger partial charge on any atom is 0.407 e. The molecular formula is C14H12N4O2. The van der Waals surface area contributed by atoms with E-state index in [1.54, 1.807) is 0 Å². The normalized spacial score (nSPS) is 9.55. The first-order valence-corrected chi connectivity index (χ1v) is 5.93. The zero-order chi connectivity index (χ0) is 14.2. The molecule has 1 amide bonds. The molecule has 100 valence electrons. The molecule has 1 aromatic carbocycles. The van der Waals surface area contributed by atoms with E-state index < -0.39 is 6.09 Å². The number of aromatic nitrogens is 2. The van der Waals surface area contributed by atoms with Crippen LogP contribution in [0.1, 0.15) is 17.0 Å². The molecule has 0 aliphatic carbocycles. The summed E-state index contributed by atoms with van der Waals surface area (Å²) in [5, 5.41) is 11.1. The highest BCUT2D eigenvalue weighted by Crippen LogP contribution is 2.00. The minimum atomic E-state index is -0.540. The van der Waals surface area contributed by atoms with E-state index in [0.717, 1.165) is 5.56 Å². The van der Waals surface area contributed by atoms with Gasteiger partial charge in [0.2, 0.25) is 0 Å². The second-order valence-electron chi connectivity index (χ2n) is 3.92. The van der Waals surface area contributed by atoms with Gasteiger partial charge in [0.1, 0.15) is 18.5 Å². The van der Waals surface area contributed by atoms with Gasteiger partial charge in [-0.15, -0.1) is 0 Å². The molecule has 2 rings (SSSR count). The number of rotatable bonds is 4. The van der Waals surface area contributed by atoms with Gasteiger partial charge in [-0.2, -0.15) is 5.26 Å². The van der Waals surface area contributed by atoms with Gasteiger partial charge in [-0.3, -0.25) is 0 Å². The van der Waals surface area contributed by atoms with Crippen LogP contribution in [0.4, 0.5) is 4.79 Å². The Bertz CT molecular complexity index is 605. The smallest absolute Gasteiger partial charge is 0.407 e. The molecule has 1 N–H and O–H groups in total. The van der Waals surface area contributed by atoms with Crippen LogP contribution in [0.15, 0.2) is 42.7 Å². The van der Waals surface area contributed by atoms with E-state index >= 15 is 0 Å². The molecule has 0 unspecified atom stereocenters. The number of hydrogen-bond donors (Lipinski definition) is 1. The minimum Gasteiger partial charge on any atom is -0.445 e. The van der Waals surface area contributed by atoms with Gasteiger partial charge in [0.25, 0.3) is 0 Å². The highest BCUT2D eigenvalue weighted by atomic mass is 16.5. The van der Waals surface area contributed by atoms with Crippen LogP contribution in [0.5, 0.6) is 0 Å². The molecule has 20 heavy (non-hydrogen) atoms. The molecule has 2 aromatic rings. The van der Waals surface area contributed by atoms with Crippen molar-refractivity contribution in [3.8, 4) is 6.07 Å². The minimum absolute atomic E-state index is 0.152. The Labute approximate surface area is 116 Å². The number of alkyl carbamates (subject to hydrolysis) is 1. The lowest BCUT2D eigenvalue weighted by molar-refractivity contribution is 0.139. The Kier molecular flexibility index (Phi) is 4.62. The van der Waals surface area contributed by atoms with Gasteiger partial charge in [0.05, 0.1) is 12.1 Å². The van der Waals surface area contributed by atoms with Gasteiger partial charge in [-0.25, -0.2) is 14.8 Å². The van der Waals surface area contributed by atoms with E-state index in [0.29, 0.717) is 11.4 Å². The predicted octanol–water partition coefficient (Wildman–Crippen LogP) is 1.77. The quantitative estimate of drug-likeness (QED) is 0.913. The van der Waals surface area contributed by atoms with E-state index in [1.807, 2.05) is 36.4 Å². The molecular weight excluding hydrogens is 256 g/mol. The number of carbonyl (C=O) groups is 1. The molecule has 0 aliphatic heterocycles. The monoisotopic (exact) mass is 268 g/mol. The average Bonchev–Trinajstić information content (AvgIpc) is 2.52. The second-order valence-corrected chi connectivity index (χ2v) is 3.92. The molecule has 0 spiro atoms. The Balaban J connectivity index is 1.76. The van der Waals surface area contributed by atoms with Crippen molar-refractivity contribution in [1.29, 1.82) is 5.26 Å². The second kappa shape index (κ2) is 6.85. The van der Waals surface area contributed by atoms with Gasteiger partial charge >= 0.3 is 6.09 Å². The first kappa shape index (κ1) is 13.5. The summed E-state index contributed by atoms with van der Waals surface area (Å²) in [5.74, 6) is 0.417. The molecule has 1 heterocycles. The van der Waals surface area contributed by atoms with Crippen molar-refractivity contribution in [2.75, 3.05) is 0 Å². The van der Waals surface area contributed by atoms with Crippen molar-refractivity contribution < 1.29 is 9.53 Å². The molecule has 6 nitrogen and oxygen atoms in total. The number of nitriles is 1. The zero-order valence-corrected chi connectivity index (χ0v) is 10.6. The fourth-order valence-corrected chi connectivity index (χ4v) is 1.43. The predicted molar refractivity (Wildman–Crippen MR) is 70.2 cm³/mol. The van der Waals surface area contributed by atoms with Gasteiger partial charge in [-0.1, -0.05) is 30.3 Å². The first-order chi connectivity index (χ1) is 9.78. The van der Waals surface area contributed by atoms with Gasteiger partial charge < -0.3 is 10.1 Å². The summed E-state index contributed by atoms with van der Waals surface area (Å²) >= 11 is 0. The first-order valence-electron chi connectivity index (χ1n) is 5.93. The van der Waals surface area contributed by atoms with Crippen LogP contribution in [-0.2, 0) is 17.9 Å². The lowest BCUT2D eigenvalue weighted by Gasteiger charge is -2.06. The summed E-state index contributed by atoms with van der Waals surface area (Å²) < 4.78 is 5.04. The number of ether oxygens (including phenoxy) is 1. The Morgan fingerprint density at radius 3 is 2.60 bits per heavy atom. The van der Waals surface area contributed by atoms with E-state index in [4.69, 9.17) is 10.00 Å². The maximum atomic E-state index is 11.5. The molecule has 1 aromatic heterocycles. The molecule has 0 aliphatic rings. The van der Waals surface area contributed by atoms with Crippen LogP contribution in [0.25, 0.3) is 0 Å². The number of benzene rings is 1. The van der Waals surface area contributed by atoms with Crippen LogP contribution in [-0.4, -0.2) is 16.1 Å². The number of nitrogens with one attached hydrogen (secondary N) is 1. The topological polar surface area (TPSA) is 87.9 Å². The highest BCUT2D eigenvalue weighted by molar-refractivity contribution is 5.67. The van der Waals surface area contributed by atoms with Crippen molar-refractivity contribution in [1.82, 2.24) is 15.3 Å². The fraction of sp³-hybridized carbons (Fsp3) is 0.143. The summed E-state index contributed by atoms with van der Waals surface area (Å²) in [6.07, 6.45) is 2.26. The van der Waals surface area contributed by atoms with Crippen molar-refractivity contribution in [2.45, 2.75) is 13.2 Å². The number of hydrogen-bond acceptors (Lipinski definition) is 5. The summed E-state index contributed by atoms with van der Waals surface area (Å²) in [6.45, 7) is 0.361. The van der Waals surface area contributed by atoms with Gasteiger partial charge in [-0.05, 0) is 5.56 Å². The van der Waals surface area contributed by atoms with E-state index in [2.05, 4.69) is 15.3 Å². The summed E-state index contributed by atoms with van der Waals surface area (Å²) in [5.41, 5.74) is 1.29. The summed E-state index contributed by atoms with van der Waals surface area (Å²) in [6, 6.07) is 11.3. The van der Waals surface area contributed by atoms with Crippen LogP contribution >= 0.6 is 0 Å². The van der Waals surface area contributed by atoms with Crippen molar-refractivity contribution >= 4 is 6.09 Å². The molecule has 6 heteroatoms. The maximum absolute atomic E-state index is 11.5. The van der Waals surface area contributed by atoms with Crippen LogP contribution in [0.2, 0.25) is 0 Å². The zero-order valence-electron chi connectivity index (χ0n) is 10.6. The lowest BCUT2D eigenvalue weighted by atomic mass is 10.2. The number of carbonyl (C=O) groups excluding carboxylic acids is 1. The van der Waals surface area contributed by atoms with Gasteiger partial charge in [0, 0.05) is 12.4 Å². The third-order valence-corrected chi connectivity index (χ3v) is 2.44. The third-order valence-electron chi connectivity index (χ3n) is 2.44.